The summed E-state index contributed by atoms with van der Waals surface area (Å²) in [6.07, 6.45) is 0.723. The summed E-state index contributed by atoms with van der Waals surface area (Å²) < 4.78 is 0. The fourth-order valence-electron chi connectivity index (χ4n) is 3.64. The number of aryl methyl sites for hydroxylation is 1. The quantitative estimate of drug-likeness (QED) is 0.137. The number of hydrogen-bond acceptors (Lipinski definition) is 6. The average molecular weight is 543 g/mol. The SMILES string of the molecule is C[C@H](CS)NC(=O)[C@H](CC(=O)O)NC(=O)[C@H](CCc1ccccc1)NC(=O)Cc1ccc(CNC=O)cc1. The molecule has 204 valence electrons. The van der Waals surface area contributed by atoms with Crippen molar-refractivity contribution in [2.75, 3.05) is 5.75 Å². The minimum Gasteiger partial charge on any atom is -0.481 e. The molecular weight excluding hydrogens is 508 g/mol. The van der Waals surface area contributed by atoms with Gasteiger partial charge >= 0.3 is 5.97 Å². The van der Waals surface area contributed by atoms with Gasteiger partial charge in [-0.25, -0.2) is 0 Å². The molecule has 0 heterocycles. The molecule has 0 aromatic heterocycles. The standard InChI is InChI=1S/C27H34N4O6S/c1-18(16-38)29-27(37)23(14-25(34)35)31-26(36)22(12-11-19-5-3-2-4-6-19)30-24(33)13-20-7-9-21(10-8-20)15-28-17-32/h2-10,17-18,22-23,38H,11-16H2,1H3,(H,28,32)(H,29,37)(H,30,33)(H,31,36)(H,34,35)/t18-,22+,23+/m1/s1. The molecule has 10 nitrogen and oxygen atoms in total. The molecule has 0 aliphatic carbocycles. The van der Waals surface area contributed by atoms with Crippen molar-refractivity contribution in [2.24, 2.45) is 0 Å². The van der Waals surface area contributed by atoms with Crippen molar-refractivity contribution in [3.8, 4) is 0 Å². The van der Waals surface area contributed by atoms with Gasteiger partial charge in [0.15, 0.2) is 0 Å². The Kier molecular flexibility index (Phi) is 12.8. The van der Waals surface area contributed by atoms with Crippen LogP contribution in [0.5, 0.6) is 0 Å². The van der Waals surface area contributed by atoms with E-state index >= 15 is 0 Å². The molecule has 0 fully saturated rings. The van der Waals surface area contributed by atoms with Crippen LogP contribution in [0.3, 0.4) is 0 Å². The molecule has 4 amide bonds. The zero-order valence-electron chi connectivity index (χ0n) is 21.2. The van der Waals surface area contributed by atoms with E-state index in [0.717, 1.165) is 11.1 Å². The minimum atomic E-state index is -1.31. The van der Waals surface area contributed by atoms with Crippen molar-refractivity contribution in [3.05, 3.63) is 71.3 Å². The van der Waals surface area contributed by atoms with Gasteiger partial charge in [0.05, 0.1) is 12.8 Å². The normalized spacial score (nSPS) is 12.9. The van der Waals surface area contributed by atoms with Gasteiger partial charge < -0.3 is 26.4 Å². The highest BCUT2D eigenvalue weighted by atomic mass is 32.1. The molecule has 2 rings (SSSR count). The van der Waals surface area contributed by atoms with Gasteiger partial charge in [-0.15, -0.1) is 0 Å². The van der Waals surface area contributed by atoms with Gasteiger partial charge in [0.2, 0.25) is 24.1 Å². The Labute approximate surface area is 227 Å². The maximum atomic E-state index is 13.2. The van der Waals surface area contributed by atoms with Crippen molar-refractivity contribution < 1.29 is 29.1 Å². The Balaban J connectivity index is 2.12. The lowest BCUT2D eigenvalue weighted by atomic mass is 10.0. The van der Waals surface area contributed by atoms with E-state index in [1.165, 1.54) is 0 Å². The summed E-state index contributed by atoms with van der Waals surface area (Å²) in [6.45, 7) is 2.08. The maximum absolute atomic E-state index is 13.2. The molecule has 38 heavy (non-hydrogen) atoms. The molecule has 0 unspecified atom stereocenters. The largest absolute Gasteiger partial charge is 0.481 e. The number of rotatable bonds is 16. The summed E-state index contributed by atoms with van der Waals surface area (Å²) in [5, 5.41) is 19.7. The third-order valence-corrected chi connectivity index (χ3v) is 6.22. The Morgan fingerprint density at radius 3 is 2.11 bits per heavy atom. The zero-order valence-corrected chi connectivity index (χ0v) is 22.1. The number of carboxylic acid groups (broad SMARTS) is 1. The van der Waals surface area contributed by atoms with E-state index in [4.69, 9.17) is 0 Å². The van der Waals surface area contributed by atoms with Crippen LogP contribution < -0.4 is 21.3 Å². The average Bonchev–Trinajstić information content (AvgIpc) is 2.90. The fourth-order valence-corrected chi connectivity index (χ4v) is 3.73. The number of benzene rings is 2. The van der Waals surface area contributed by atoms with E-state index in [9.17, 15) is 29.1 Å². The van der Waals surface area contributed by atoms with Crippen molar-refractivity contribution in [2.45, 2.75) is 57.3 Å². The van der Waals surface area contributed by atoms with Crippen molar-refractivity contribution in [1.29, 1.82) is 0 Å². The van der Waals surface area contributed by atoms with Crippen LogP contribution in [0.4, 0.5) is 0 Å². The second-order valence-corrected chi connectivity index (χ2v) is 9.25. The summed E-state index contributed by atoms with van der Waals surface area (Å²) in [7, 11) is 0. The first-order valence-corrected chi connectivity index (χ1v) is 12.9. The Bertz CT molecular complexity index is 1080. The molecule has 0 saturated heterocycles. The first kappa shape index (κ1) is 30.4. The van der Waals surface area contributed by atoms with Crippen LogP contribution in [-0.2, 0) is 43.4 Å². The third-order valence-electron chi connectivity index (χ3n) is 5.67. The molecular formula is C27H34N4O6S. The lowest BCUT2D eigenvalue weighted by Gasteiger charge is -2.23. The topological polar surface area (TPSA) is 154 Å². The van der Waals surface area contributed by atoms with Crippen LogP contribution in [0.1, 0.15) is 36.5 Å². The highest BCUT2D eigenvalue weighted by Gasteiger charge is 2.29. The molecule has 2 aromatic rings. The number of thiol groups is 1. The minimum absolute atomic E-state index is 0.00893. The summed E-state index contributed by atoms with van der Waals surface area (Å²) in [4.78, 5) is 60.5. The molecule has 3 atom stereocenters. The predicted octanol–water partition coefficient (Wildman–Crippen LogP) is 0.987. The second-order valence-electron chi connectivity index (χ2n) is 8.89. The summed E-state index contributed by atoms with van der Waals surface area (Å²) in [6, 6.07) is 13.9. The van der Waals surface area contributed by atoms with Crippen molar-refractivity contribution in [3.63, 3.8) is 0 Å². The van der Waals surface area contributed by atoms with E-state index in [1.54, 1.807) is 31.2 Å². The van der Waals surface area contributed by atoms with Crippen molar-refractivity contribution in [1.82, 2.24) is 21.3 Å². The van der Waals surface area contributed by atoms with E-state index in [0.29, 0.717) is 30.7 Å². The van der Waals surface area contributed by atoms with Crippen LogP contribution in [0, 0.1) is 0 Å². The number of carbonyl (C=O) groups excluding carboxylic acids is 4. The summed E-state index contributed by atoms with van der Waals surface area (Å²) in [5.74, 6) is -2.60. The van der Waals surface area contributed by atoms with Gasteiger partial charge in [-0.3, -0.25) is 24.0 Å². The van der Waals surface area contributed by atoms with Gasteiger partial charge in [0, 0.05) is 18.3 Å². The van der Waals surface area contributed by atoms with Crippen LogP contribution in [0.25, 0.3) is 0 Å². The lowest BCUT2D eigenvalue weighted by Crippen LogP contribution is -2.55. The van der Waals surface area contributed by atoms with Gasteiger partial charge in [-0.2, -0.15) is 12.6 Å². The van der Waals surface area contributed by atoms with E-state index in [1.807, 2.05) is 30.3 Å². The fraction of sp³-hybridized carbons (Fsp3) is 0.370. The zero-order chi connectivity index (χ0) is 27.9. The molecule has 0 spiro atoms. The highest BCUT2D eigenvalue weighted by Crippen LogP contribution is 2.09. The van der Waals surface area contributed by atoms with Gasteiger partial charge in [-0.1, -0.05) is 54.6 Å². The molecule has 0 bridgehead atoms. The molecule has 0 aliphatic rings. The molecule has 0 radical (unpaired) electrons. The van der Waals surface area contributed by atoms with Crippen LogP contribution in [0.15, 0.2) is 54.6 Å². The first-order valence-electron chi connectivity index (χ1n) is 12.2. The first-order chi connectivity index (χ1) is 18.2. The van der Waals surface area contributed by atoms with Crippen LogP contribution in [0.2, 0.25) is 0 Å². The summed E-state index contributed by atoms with van der Waals surface area (Å²) >= 11 is 4.11. The van der Waals surface area contributed by atoms with Gasteiger partial charge in [0.1, 0.15) is 12.1 Å². The Morgan fingerprint density at radius 2 is 1.50 bits per heavy atom. The highest BCUT2D eigenvalue weighted by molar-refractivity contribution is 7.80. The summed E-state index contributed by atoms with van der Waals surface area (Å²) in [5.41, 5.74) is 2.54. The third kappa shape index (κ3) is 11.0. The van der Waals surface area contributed by atoms with Gasteiger partial charge in [0.25, 0.3) is 0 Å². The van der Waals surface area contributed by atoms with Crippen LogP contribution >= 0.6 is 12.6 Å². The number of hydrogen-bond donors (Lipinski definition) is 6. The predicted molar refractivity (Wildman–Crippen MR) is 145 cm³/mol. The molecule has 0 aliphatic heterocycles. The van der Waals surface area contributed by atoms with Gasteiger partial charge in [-0.05, 0) is 36.5 Å². The van der Waals surface area contributed by atoms with Crippen LogP contribution in [-0.4, -0.2) is 59.1 Å². The molecule has 11 heteroatoms. The van der Waals surface area contributed by atoms with E-state index in [2.05, 4.69) is 33.9 Å². The molecule has 0 saturated carbocycles. The number of carboxylic acids is 1. The lowest BCUT2D eigenvalue weighted by molar-refractivity contribution is -0.141. The second kappa shape index (κ2) is 16.1. The number of nitrogens with one attached hydrogen (secondary N) is 4. The number of aliphatic carboxylic acids is 1. The van der Waals surface area contributed by atoms with E-state index in [-0.39, 0.29) is 18.9 Å². The maximum Gasteiger partial charge on any atom is 0.305 e. The Hall–Kier alpha value is -3.86. The monoisotopic (exact) mass is 542 g/mol. The van der Waals surface area contributed by atoms with E-state index < -0.39 is 42.2 Å². The Morgan fingerprint density at radius 1 is 0.868 bits per heavy atom. The molecule has 5 N–H and O–H groups in total. The smallest absolute Gasteiger partial charge is 0.305 e. The molecule has 2 aromatic carbocycles. The number of carbonyl (C=O) groups is 5. The number of amides is 4. The van der Waals surface area contributed by atoms with Crippen molar-refractivity contribution >= 4 is 42.7 Å².